The van der Waals surface area contributed by atoms with Gasteiger partial charge in [0.1, 0.15) is 11.6 Å². The van der Waals surface area contributed by atoms with Gasteiger partial charge in [0.05, 0.1) is 16.6 Å². The second kappa shape index (κ2) is 5.96. The fourth-order valence-corrected chi connectivity index (χ4v) is 1.93. The second-order valence-corrected chi connectivity index (χ2v) is 4.62. The average Bonchev–Trinajstić information content (AvgIpc) is 2.41. The highest BCUT2D eigenvalue weighted by Gasteiger charge is 2.17. The predicted octanol–water partition coefficient (Wildman–Crippen LogP) is 3.50. The molecule has 0 spiro atoms. The number of pyridine rings is 1. The molecule has 2 rings (SSSR count). The SMILES string of the molecule is CC(NC(=O)c1cnccc1Cl)c1cc(F)ccc1F. The molecule has 3 nitrogen and oxygen atoms in total. The van der Waals surface area contributed by atoms with Gasteiger partial charge in [-0.15, -0.1) is 0 Å². The largest absolute Gasteiger partial charge is 0.345 e. The van der Waals surface area contributed by atoms with E-state index < -0.39 is 23.6 Å². The molecule has 1 unspecified atom stereocenters. The monoisotopic (exact) mass is 296 g/mol. The maximum atomic E-state index is 13.6. The van der Waals surface area contributed by atoms with Crippen LogP contribution in [-0.2, 0) is 0 Å². The fraction of sp³-hybridized carbons (Fsp3) is 0.143. The minimum absolute atomic E-state index is 0.0679. The smallest absolute Gasteiger partial charge is 0.254 e. The lowest BCUT2D eigenvalue weighted by molar-refractivity contribution is 0.0939. The third-order valence-corrected chi connectivity index (χ3v) is 3.11. The zero-order valence-corrected chi connectivity index (χ0v) is 11.3. The van der Waals surface area contributed by atoms with Gasteiger partial charge in [-0.2, -0.15) is 0 Å². The van der Waals surface area contributed by atoms with Crippen LogP contribution in [0.4, 0.5) is 8.78 Å². The summed E-state index contributed by atoms with van der Waals surface area (Å²) in [6.07, 6.45) is 2.76. The Hall–Kier alpha value is -2.01. The maximum Gasteiger partial charge on any atom is 0.254 e. The van der Waals surface area contributed by atoms with Crippen molar-refractivity contribution in [1.29, 1.82) is 0 Å². The van der Waals surface area contributed by atoms with Crippen molar-refractivity contribution in [1.82, 2.24) is 10.3 Å². The van der Waals surface area contributed by atoms with E-state index in [0.29, 0.717) is 0 Å². The van der Waals surface area contributed by atoms with Gasteiger partial charge in [-0.25, -0.2) is 8.78 Å². The molecule has 1 N–H and O–H groups in total. The van der Waals surface area contributed by atoms with Crippen molar-refractivity contribution in [3.63, 3.8) is 0 Å². The van der Waals surface area contributed by atoms with Gasteiger partial charge < -0.3 is 5.32 Å². The number of benzene rings is 1. The van der Waals surface area contributed by atoms with Crippen LogP contribution in [0.25, 0.3) is 0 Å². The molecule has 0 saturated heterocycles. The molecule has 0 bridgehead atoms. The van der Waals surface area contributed by atoms with E-state index in [-0.39, 0.29) is 16.1 Å². The quantitative estimate of drug-likeness (QED) is 0.942. The number of nitrogens with zero attached hydrogens (tertiary/aromatic N) is 1. The van der Waals surface area contributed by atoms with Gasteiger partial charge in [0.2, 0.25) is 0 Å². The number of amides is 1. The third kappa shape index (κ3) is 3.11. The Balaban J connectivity index is 2.19. The molecule has 0 aliphatic carbocycles. The fourth-order valence-electron chi connectivity index (χ4n) is 1.74. The normalized spacial score (nSPS) is 12.0. The highest BCUT2D eigenvalue weighted by atomic mass is 35.5. The number of hydrogen-bond acceptors (Lipinski definition) is 2. The van der Waals surface area contributed by atoms with Crippen molar-refractivity contribution in [3.05, 3.63) is 64.4 Å². The molecule has 1 amide bonds. The number of rotatable bonds is 3. The van der Waals surface area contributed by atoms with Crippen molar-refractivity contribution in [2.24, 2.45) is 0 Å². The van der Waals surface area contributed by atoms with E-state index in [1.807, 2.05) is 0 Å². The summed E-state index contributed by atoms with van der Waals surface area (Å²) in [5, 5.41) is 2.79. The highest BCUT2D eigenvalue weighted by molar-refractivity contribution is 6.33. The zero-order chi connectivity index (χ0) is 14.7. The van der Waals surface area contributed by atoms with Crippen LogP contribution in [0.5, 0.6) is 0 Å². The molecule has 104 valence electrons. The molecule has 1 aromatic carbocycles. The van der Waals surface area contributed by atoms with E-state index in [2.05, 4.69) is 10.3 Å². The Morgan fingerprint density at radius 2 is 2.10 bits per heavy atom. The number of carbonyl (C=O) groups excluding carboxylic acids is 1. The topological polar surface area (TPSA) is 42.0 Å². The van der Waals surface area contributed by atoms with E-state index in [4.69, 9.17) is 11.6 Å². The predicted molar refractivity (Wildman–Crippen MR) is 71.5 cm³/mol. The van der Waals surface area contributed by atoms with Crippen LogP contribution in [0.15, 0.2) is 36.7 Å². The van der Waals surface area contributed by atoms with Gasteiger partial charge in [0, 0.05) is 18.0 Å². The Morgan fingerprint density at radius 1 is 1.35 bits per heavy atom. The lowest BCUT2D eigenvalue weighted by Crippen LogP contribution is -2.27. The number of aromatic nitrogens is 1. The van der Waals surface area contributed by atoms with Crippen molar-refractivity contribution in [2.45, 2.75) is 13.0 Å². The summed E-state index contributed by atoms with van der Waals surface area (Å²) >= 11 is 5.87. The van der Waals surface area contributed by atoms with Gasteiger partial charge in [0.25, 0.3) is 5.91 Å². The van der Waals surface area contributed by atoms with E-state index in [1.54, 1.807) is 6.92 Å². The molecular weight excluding hydrogens is 286 g/mol. The summed E-state index contributed by atoms with van der Waals surface area (Å²) in [5.41, 5.74) is 0.246. The van der Waals surface area contributed by atoms with Crippen LogP contribution >= 0.6 is 11.6 Å². The first-order valence-corrected chi connectivity index (χ1v) is 6.22. The van der Waals surface area contributed by atoms with Gasteiger partial charge in [0.15, 0.2) is 0 Å². The molecule has 0 aliphatic heterocycles. The third-order valence-electron chi connectivity index (χ3n) is 2.78. The highest BCUT2D eigenvalue weighted by Crippen LogP contribution is 2.20. The molecule has 20 heavy (non-hydrogen) atoms. The average molecular weight is 297 g/mol. The van der Waals surface area contributed by atoms with Crippen molar-refractivity contribution in [3.8, 4) is 0 Å². The maximum absolute atomic E-state index is 13.6. The molecule has 0 aliphatic rings. The lowest BCUT2D eigenvalue weighted by Gasteiger charge is -2.15. The summed E-state index contributed by atoms with van der Waals surface area (Å²) in [7, 11) is 0. The first-order chi connectivity index (χ1) is 9.49. The minimum Gasteiger partial charge on any atom is -0.345 e. The molecular formula is C14H11ClF2N2O. The Bertz CT molecular complexity index is 649. The van der Waals surface area contributed by atoms with Gasteiger partial charge in [-0.1, -0.05) is 11.6 Å². The first kappa shape index (κ1) is 14.4. The molecule has 6 heteroatoms. The summed E-state index contributed by atoms with van der Waals surface area (Å²) in [4.78, 5) is 15.8. The summed E-state index contributed by atoms with van der Waals surface area (Å²) < 4.78 is 26.7. The van der Waals surface area contributed by atoms with Crippen molar-refractivity contribution in [2.75, 3.05) is 0 Å². The summed E-state index contributed by atoms with van der Waals surface area (Å²) in [5.74, 6) is -1.65. The molecule has 0 radical (unpaired) electrons. The van der Waals surface area contributed by atoms with E-state index in [9.17, 15) is 13.6 Å². The van der Waals surface area contributed by atoms with Crippen LogP contribution in [0, 0.1) is 11.6 Å². The van der Waals surface area contributed by atoms with Gasteiger partial charge in [-0.3, -0.25) is 9.78 Å². The van der Waals surface area contributed by atoms with Crippen molar-refractivity contribution < 1.29 is 13.6 Å². The first-order valence-electron chi connectivity index (χ1n) is 5.84. The van der Waals surface area contributed by atoms with Crippen molar-refractivity contribution >= 4 is 17.5 Å². The van der Waals surface area contributed by atoms with Crippen LogP contribution in [-0.4, -0.2) is 10.9 Å². The van der Waals surface area contributed by atoms with Crippen LogP contribution < -0.4 is 5.32 Å². The molecule has 1 heterocycles. The Morgan fingerprint density at radius 3 is 2.80 bits per heavy atom. The minimum atomic E-state index is -0.700. The second-order valence-electron chi connectivity index (χ2n) is 4.22. The molecule has 1 atom stereocenters. The molecule has 2 aromatic rings. The Labute approximate surface area is 119 Å². The lowest BCUT2D eigenvalue weighted by atomic mass is 10.1. The number of nitrogens with one attached hydrogen (secondary N) is 1. The zero-order valence-electron chi connectivity index (χ0n) is 10.5. The van der Waals surface area contributed by atoms with Crippen LogP contribution in [0.1, 0.15) is 28.9 Å². The van der Waals surface area contributed by atoms with Crippen LogP contribution in [0.2, 0.25) is 5.02 Å². The summed E-state index contributed by atoms with van der Waals surface area (Å²) in [6, 6.07) is 3.86. The number of carbonyl (C=O) groups is 1. The number of halogens is 3. The standard InChI is InChI=1S/C14H11ClF2N2O/c1-8(10-6-9(16)2-3-13(10)17)19-14(20)11-7-18-5-4-12(11)15/h2-8H,1H3,(H,19,20). The van der Waals surface area contributed by atoms with Crippen LogP contribution in [0.3, 0.4) is 0 Å². The molecule has 0 saturated carbocycles. The van der Waals surface area contributed by atoms with E-state index in [1.165, 1.54) is 18.5 Å². The van der Waals surface area contributed by atoms with Gasteiger partial charge >= 0.3 is 0 Å². The Kier molecular flexibility index (Phi) is 4.29. The molecule has 0 fully saturated rings. The van der Waals surface area contributed by atoms with Gasteiger partial charge in [-0.05, 0) is 31.2 Å². The summed E-state index contributed by atoms with van der Waals surface area (Å²) in [6.45, 7) is 1.56. The molecule has 1 aromatic heterocycles. The van der Waals surface area contributed by atoms with E-state index >= 15 is 0 Å². The number of hydrogen-bond donors (Lipinski definition) is 1. The van der Waals surface area contributed by atoms with E-state index in [0.717, 1.165) is 18.2 Å².